The summed E-state index contributed by atoms with van der Waals surface area (Å²) in [5, 5.41) is 3.34. The Labute approximate surface area is 128 Å². The third-order valence-corrected chi connectivity index (χ3v) is 3.22. The zero-order valence-electron chi connectivity index (χ0n) is 13.8. The predicted octanol–water partition coefficient (Wildman–Crippen LogP) is 3.56. The smallest absolute Gasteiger partial charge is 0.161 e. The lowest BCUT2D eigenvalue weighted by Crippen LogP contribution is -2.18. The van der Waals surface area contributed by atoms with E-state index in [9.17, 15) is 0 Å². The van der Waals surface area contributed by atoms with Crippen molar-refractivity contribution in [2.75, 3.05) is 33.5 Å². The fourth-order valence-electron chi connectivity index (χ4n) is 2.21. The van der Waals surface area contributed by atoms with Gasteiger partial charge in [-0.15, -0.1) is 0 Å². The van der Waals surface area contributed by atoms with Gasteiger partial charge in [-0.1, -0.05) is 13.0 Å². The Kier molecular flexibility index (Phi) is 8.87. The molecule has 1 N–H and O–H groups in total. The monoisotopic (exact) mass is 295 g/mol. The van der Waals surface area contributed by atoms with E-state index >= 15 is 0 Å². The lowest BCUT2D eigenvalue weighted by atomic mass is 10.0. The van der Waals surface area contributed by atoms with Crippen LogP contribution in [0.3, 0.4) is 0 Å². The molecular weight excluding hydrogens is 266 g/mol. The molecule has 0 saturated carbocycles. The van der Waals surface area contributed by atoms with Gasteiger partial charge in [0.05, 0.1) is 13.2 Å². The molecule has 0 radical (unpaired) electrons. The van der Waals surface area contributed by atoms with Crippen LogP contribution in [0, 0.1) is 0 Å². The lowest BCUT2D eigenvalue weighted by molar-refractivity contribution is 0.125. The molecule has 0 fully saturated rings. The minimum absolute atomic E-state index is 0.261. The molecule has 4 heteroatoms. The summed E-state index contributed by atoms with van der Waals surface area (Å²) in [6.07, 6.45) is 2.00. The van der Waals surface area contributed by atoms with Crippen LogP contribution in [0.5, 0.6) is 11.5 Å². The topological polar surface area (TPSA) is 39.7 Å². The summed E-state index contributed by atoms with van der Waals surface area (Å²) in [5.41, 5.74) is 1.20. The quantitative estimate of drug-likeness (QED) is 0.634. The third-order valence-electron chi connectivity index (χ3n) is 3.22. The molecule has 0 aliphatic rings. The minimum Gasteiger partial charge on any atom is -0.490 e. The van der Waals surface area contributed by atoms with Crippen molar-refractivity contribution in [1.82, 2.24) is 5.32 Å². The van der Waals surface area contributed by atoms with Crippen LogP contribution in [-0.2, 0) is 4.74 Å². The zero-order chi connectivity index (χ0) is 15.5. The highest BCUT2D eigenvalue weighted by Crippen LogP contribution is 2.31. The molecule has 1 aromatic rings. The van der Waals surface area contributed by atoms with E-state index in [-0.39, 0.29) is 6.04 Å². The van der Waals surface area contributed by atoms with Crippen molar-refractivity contribution in [3.8, 4) is 11.5 Å². The van der Waals surface area contributed by atoms with Gasteiger partial charge in [0.2, 0.25) is 0 Å². The van der Waals surface area contributed by atoms with Crippen LogP contribution in [0.2, 0.25) is 0 Å². The maximum atomic E-state index is 5.68. The molecule has 1 aromatic carbocycles. The SMILES string of the molecule is CCCOCCC(NC)c1ccc(OCC)c(OCC)c1. The molecule has 0 aliphatic carbocycles. The molecular formula is C17H29NO3. The second-order valence-electron chi connectivity index (χ2n) is 4.81. The van der Waals surface area contributed by atoms with E-state index in [1.165, 1.54) is 5.56 Å². The Bertz CT molecular complexity index is 396. The average molecular weight is 295 g/mol. The third kappa shape index (κ3) is 5.94. The largest absolute Gasteiger partial charge is 0.490 e. The molecule has 0 saturated heterocycles. The molecule has 0 aliphatic heterocycles. The summed E-state index contributed by atoms with van der Waals surface area (Å²) in [6, 6.07) is 6.40. The van der Waals surface area contributed by atoms with Crippen molar-refractivity contribution < 1.29 is 14.2 Å². The zero-order valence-corrected chi connectivity index (χ0v) is 13.8. The van der Waals surface area contributed by atoms with Crippen LogP contribution >= 0.6 is 0 Å². The van der Waals surface area contributed by atoms with E-state index < -0.39 is 0 Å². The van der Waals surface area contributed by atoms with Crippen molar-refractivity contribution in [3.63, 3.8) is 0 Å². The van der Waals surface area contributed by atoms with Gasteiger partial charge in [-0.25, -0.2) is 0 Å². The van der Waals surface area contributed by atoms with Gasteiger partial charge >= 0.3 is 0 Å². The van der Waals surface area contributed by atoms with Crippen LogP contribution in [0.1, 0.15) is 45.2 Å². The number of ether oxygens (including phenoxy) is 3. The predicted molar refractivity (Wildman–Crippen MR) is 86.3 cm³/mol. The van der Waals surface area contributed by atoms with Crippen LogP contribution in [-0.4, -0.2) is 33.5 Å². The van der Waals surface area contributed by atoms with Gasteiger partial charge in [0, 0.05) is 19.3 Å². The molecule has 0 heterocycles. The van der Waals surface area contributed by atoms with E-state index in [4.69, 9.17) is 14.2 Å². The average Bonchev–Trinajstić information content (AvgIpc) is 2.50. The van der Waals surface area contributed by atoms with Gasteiger partial charge in [0.1, 0.15) is 0 Å². The normalized spacial score (nSPS) is 12.2. The van der Waals surface area contributed by atoms with E-state index in [0.717, 1.165) is 37.6 Å². The Balaban J connectivity index is 2.76. The molecule has 1 atom stereocenters. The molecule has 0 bridgehead atoms. The number of rotatable bonds is 11. The molecule has 4 nitrogen and oxygen atoms in total. The molecule has 120 valence electrons. The van der Waals surface area contributed by atoms with Gasteiger partial charge in [-0.2, -0.15) is 0 Å². The molecule has 0 spiro atoms. The lowest BCUT2D eigenvalue weighted by Gasteiger charge is -2.19. The van der Waals surface area contributed by atoms with E-state index in [2.05, 4.69) is 24.4 Å². The van der Waals surface area contributed by atoms with Gasteiger partial charge in [0.25, 0.3) is 0 Å². The first-order chi connectivity index (χ1) is 10.3. The Morgan fingerprint density at radius 3 is 2.33 bits per heavy atom. The number of benzene rings is 1. The van der Waals surface area contributed by atoms with E-state index in [1.807, 2.05) is 27.0 Å². The van der Waals surface area contributed by atoms with Crippen molar-refractivity contribution in [2.45, 2.75) is 39.7 Å². The molecule has 0 amide bonds. The first-order valence-electron chi connectivity index (χ1n) is 7.91. The summed E-state index contributed by atoms with van der Waals surface area (Å²) in [5.74, 6) is 1.62. The molecule has 21 heavy (non-hydrogen) atoms. The van der Waals surface area contributed by atoms with Gasteiger partial charge in [-0.3, -0.25) is 0 Å². The highest BCUT2D eigenvalue weighted by atomic mass is 16.5. The summed E-state index contributed by atoms with van der Waals surface area (Å²) in [4.78, 5) is 0. The Hall–Kier alpha value is -1.26. The van der Waals surface area contributed by atoms with E-state index in [0.29, 0.717) is 13.2 Å². The summed E-state index contributed by atoms with van der Waals surface area (Å²) < 4.78 is 16.9. The highest BCUT2D eigenvalue weighted by molar-refractivity contribution is 5.44. The van der Waals surface area contributed by atoms with Gasteiger partial charge in [-0.05, 0) is 51.4 Å². The fourth-order valence-corrected chi connectivity index (χ4v) is 2.21. The fraction of sp³-hybridized carbons (Fsp3) is 0.647. The highest BCUT2D eigenvalue weighted by Gasteiger charge is 2.13. The molecule has 1 rings (SSSR count). The second-order valence-corrected chi connectivity index (χ2v) is 4.81. The molecule has 0 aromatic heterocycles. The Morgan fingerprint density at radius 1 is 1.00 bits per heavy atom. The van der Waals surface area contributed by atoms with Crippen LogP contribution < -0.4 is 14.8 Å². The molecule has 1 unspecified atom stereocenters. The minimum atomic E-state index is 0.261. The summed E-state index contributed by atoms with van der Waals surface area (Å²) >= 11 is 0. The summed E-state index contributed by atoms with van der Waals surface area (Å²) in [6.45, 7) is 8.94. The first kappa shape index (κ1) is 17.8. The Morgan fingerprint density at radius 2 is 1.71 bits per heavy atom. The van der Waals surface area contributed by atoms with Crippen LogP contribution in [0.15, 0.2) is 18.2 Å². The van der Waals surface area contributed by atoms with E-state index in [1.54, 1.807) is 0 Å². The van der Waals surface area contributed by atoms with Crippen molar-refractivity contribution in [2.24, 2.45) is 0 Å². The van der Waals surface area contributed by atoms with Crippen LogP contribution in [0.25, 0.3) is 0 Å². The van der Waals surface area contributed by atoms with Gasteiger partial charge < -0.3 is 19.5 Å². The second kappa shape index (κ2) is 10.5. The summed E-state index contributed by atoms with van der Waals surface area (Å²) in [7, 11) is 1.97. The number of hydrogen-bond acceptors (Lipinski definition) is 4. The number of nitrogens with one attached hydrogen (secondary N) is 1. The van der Waals surface area contributed by atoms with Crippen molar-refractivity contribution in [1.29, 1.82) is 0 Å². The van der Waals surface area contributed by atoms with Crippen molar-refractivity contribution >= 4 is 0 Å². The standard InChI is InChI=1S/C17H29NO3/c1-5-11-19-12-10-15(18-4)14-8-9-16(20-6-2)17(13-14)21-7-3/h8-9,13,15,18H,5-7,10-12H2,1-4H3. The number of hydrogen-bond donors (Lipinski definition) is 1. The maximum Gasteiger partial charge on any atom is 0.161 e. The first-order valence-corrected chi connectivity index (χ1v) is 7.91. The van der Waals surface area contributed by atoms with Crippen molar-refractivity contribution in [3.05, 3.63) is 23.8 Å². The maximum absolute atomic E-state index is 5.68. The van der Waals surface area contributed by atoms with Crippen LogP contribution in [0.4, 0.5) is 0 Å². The van der Waals surface area contributed by atoms with Gasteiger partial charge in [0.15, 0.2) is 11.5 Å².